The van der Waals surface area contributed by atoms with Crippen molar-refractivity contribution >= 4 is 37.4 Å². The fraction of sp³-hybridized carbons (Fsp3) is 0.125. The summed E-state index contributed by atoms with van der Waals surface area (Å²) in [5.41, 5.74) is 7.46. The van der Waals surface area contributed by atoms with E-state index in [2.05, 4.69) is 40.2 Å². The zero-order valence-corrected chi connectivity index (χ0v) is 13.4. The van der Waals surface area contributed by atoms with Crippen LogP contribution in [0.5, 0.6) is 5.75 Å². The fourth-order valence-corrected chi connectivity index (χ4v) is 3.85. The third kappa shape index (κ3) is 2.46. The van der Waals surface area contributed by atoms with E-state index in [1.54, 1.807) is 18.4 Å². The lowest BCUT2D eigenvalue weighted by Crippen LogP contribution is -2.10. The van der Waals surface area contributed by atoms with Gasteiger partial charge in [0.2, 0.25) is 0 Å². The summed E-state index contributed by atoms with van der Waals surface area (Å²) in [7, 11) is 1.66. The van der Waals surface area contributed by atoms with Crippen molar-refractivity contribution in [3.63, 3.8) is 0 Å². The first-order chi connectivity index (χ1) is 9.69. The fourth-order valence-electron chi connectivity index (χ4n) is 2.20. The number of fused-ring (bicyclic) bond motifs is 1. The van der Waals surface area contributed by atoms with Gasteiger partial charge in [0.25, 0.3) is 0 Å². The predicted molar refractivity (Wildman–Crippen MR) is 88.5 cm³/mol. The minimum atomic E-state index is -0.116. The molecule has 3 rings (SSSR count). The Morgan fingerprint density at radius 2 is 1.95 bits per heavy atom. The summed E-state index contributed by atoms with van der Waals surface area (Å²) in [5.74, 6) is 0.817. The number of hydrogen-bond acceptors (Lipinski definition) is 3. The summed E-state index contributed by atoms with van der Waals surface area (Å²) in [5, 5.41) is 1.25. The second kappa shape index (κ2) is 5.56. The average molecular weight is 348 g/mol. The zero-order valence-electron chi connectivity index (χ0n) is 11.0. The van der Waals surface area contributed by atoms with Crippen molar-refractivity contribution in [3.8, 4) is 5.75 Å². The van der Waals surface area contributed by atoms with Crippen LogP contribution in [0.1, 0.15) is 16.5 Å². The van der Waals surface area contributed by atoms with E-state index in [-0.39, 0.29) is 6.04 Å². The molecule has 0 radical (unpaired) electrons. The first kappa shape index (κ1) is 13.6. The van der Waals surface area contributed by atoms with Gasteiger partial charge in [-0.25, -0.2) is 0 Å². The van der Waals surface area contributed by atoms with Crippen LogP contribution in [-0.2, 0) is 0 Å². The van der Waals surface area contributed by atoms with Gasteiger partial charge in [-0.2, -0.15) is 0 Å². The monoisotopic (exact) mass is 347 g/mol. The van der Waals surface area contributed by atoms with E-state index in [1.807, 2.05) is 24.3 Å². The van der Waals surface area contributed by atoms with Gasteiger partial charge in [-0.15, -0.1) is 11.3 Å². The minimum absolute atomic E-state index is 0.116. The molecule has 0 aliphatic carbocycles. The van der Waals surface area contributed by atoms with Crippen LogP contribution in [0, 0.1) is 0 Å². The minimum Gasteiger partial charge on any atom is -0.496 e. The highest BCUT2D eigenvalue weighted by atomic mass is 79.9. The van der Waals surface area contributed by atoms with E-state index in [0.29, 0.717) is 0 Å². The van der Waals surface area contributed by atoms with Gasteiger partial charge in [0.15, 0.2) is 0 Å². The van der Waals surface area contributed by atoms with E-state index >= 15 is 0 Å². The lowest BCUT2D eigenvalue weighted by molar-refractivity contribution is 0.412. The van der Waals surface area contributed by atoms with E-state index in [1.165, 1.54) is 15.0 Å². The van der Waals surface area contributed by atoms with Crippen molar-refractivity contribution in [2.45, 2.75) is 6.04 Å². The maximum Gasteiger partial charge on any atom is 0.133 e. The summed E-state index contributed by atoms with van der Waals surface area (Å²) < 4.78 is 7.44. The zero-order chi connectivity index (χ0) is 14.1. The molecule has 0 spiro atoms. The molecule has 0 saturated carbocycles. The van der Waals surface area contributed by atoms with E-state index < -0.39 is 0 Å². The Balaban J connectivity index is 1.99. The first-order valence-corrected chi connectivity index (χ1v) is 7.87. The molecule has 4 heteroatoms. The average Bonchev–Trinajstić information content (AvgIpc) is 2.90. The number of benzene rings is 2. The lowest BCUT2D eigenvalue weighted by Gasteiger charge is -2.12. The van der Waals surface area contributed by atoms with Crippen LogP contribution in [0.25, 0.3) is 10.1 Å². The molecule has 1 aromatic heterocycles. The number of rotatable bonds is 3. The molecular formula is C16H14BrNOS. The summed E-state index contributed by atoms with van der Waals surface area (Å²) in [6, 6.07) is 16.4. The van der Waals surface area contributed by atoms with Crippen molar-refractivity contribution in [2.75, 3.05) is 7.11 Å². The second-order valence-electron chi connectivity index (χ2n) is 4.56. The van der Waals surface area contributed by atoms with Crippen LogP contribution >= 0.6 is 27.3 Å². The van der Waals surface area contributed by atoms with Gasteiger partial charge in [-0.3, -0.25) is 0 Å². The van der Waals surface area contributed by atoms with Crippen LogP contribution in [0.4, 0.5) is 0 Å². The molecule has 2 nitrogen and oxygen atoms in total. The van der Waals surface area contributed by atoms with Crippen molar-refractivity contribution in [1.29, 1.82) is 0 Å². The van der Waals surface area contributed by atoms with Crippen LogP contribution in [0.15, 0.2) is 53.0 Å². The highest BCUT2D eigenvalue weighted by molar-refractivity contribution is 9.10. The van der Waals surface area contributed by atoms with Crippen LogP contribution in [0.3, 0.4) is 0 Å². The van der Waals surface area contributed by atoms with Crippen molar-refractivity contribution < 1.29 is 4.74 Å². The van der Waals surface area contributed by atoms with Crippen molar-refractivity contribution in [1.82, 2.24) is 0 Å². The normalized spacial score (nSPS) is 12.6. The molecule has 2 aromatic carbocycles. The van der Waals surface area contributed by atoms with Gasteiger partial charge < -0.3 is 10.5 Å². The van der Waals surface area contributed by atoms with Gasteiger partial charge in [0, 0.05) is 9.58 Å². The molecule has 0 fully saturated rings. The van der Waals surface area contributed by atoms with Gasteiger partial charge in [-0.1, -0.05) is 24.3 Å². The van der Waals surface area contributed by atoms with Gasteiger partial charge in [0.1, 0.15) is 5.75 Å². The molecule has 2 N–H and O–H groups in total. The van der Waals surface area contributed by atoms with Gasteiger partial charge >= 0.3 is 0 Å². The topological polar surface area (TPSA) is 35.2 Å². The third-order valence-corrected chi connectivity index (χ3v) is 5.10. The molecule has 0 aliphatic heterocycles. The summed E-state index contributed by atoms with van der Waals surface area (Å²) >= 11 is 5.25. The van der Waals surface area contributed by atoms with Crippen molar-refractivity contribution in [2.24, 2.45) is 5.73 Å². The quantitative estimate of drug-likeness (QED) is 0.743. The second-order valence-corrected chi connectivity index (χ2v) is 6.53. The van der Waals surface area contributed by atoms with Gasteiger partial charge in [-0.05, 0) is 51.1 Å². The van der Waals surface area contributed by atoms with Crippen molar-refractivity contribution in [3.05, 3.63) is 63.4 Å². The maximum atomic E-state index is 6.39. The van der Waals surface area contributed by atoms with E-state index in [0.717, 1.165) is 15.8 Å². The molecule has 1 unspecified atom stereocenters. The molecular weight excluding hydrogens is 334 g/mol. The Labute approximate surface area is 130 Å². The third-order valence-electron chi connectivity index (χ3n) is 3.29. The Morgan fingerprint density at radius 3 is 2.65 bits per heavy atom. The van der Waals surface area contributed by atoms with Gasteiger partial charge in [0.05, 0.1) is 17.6 Å². The molecule has 1 atom stereocenters. The Bertz CT molecular complexity index is 720. The number of hydrogen-bond donors (Lipinski definition) is 1. The molecule has 102 valence electrons. The van der Waals surface area contributed by atoms with E-state index in [4.69, 9.17) is 10.5 Å². The predicted octanol–water partition coefficient (Wildman–Crippen LogP) is 4.72. The molecule has 20 heavy (non-hydrogen) atoms. The summed E-state index contributed by atoms with van der Waals surface area (Å²) in [4.78, 5) is 1.17. The van der Waals surface area contributed by atoms with Crippen LogP contribution in [-0.4, -0.2) is 7.11 Å². The Kier molecular flexibility index (Phi) is 3.78. The molecule has 3 aromatic rings. The molecule has 0 amide bonds. The smallest absolute Gasteiger partial charge is 0.133 e. The summed E-state index contributed by atoms with van der Waals surface area (Å²) in [6.07, 6.45) is 0. The summed E-state index contributed by atoms with van der Waals surface area (Å²) in [6.45, 7) is 0. The lowest BCUT2D eigenvalue weighted by atomic mass is 10.1. The maximum absolute atomic E-state index is 6.39. The van der Waals surface area contributed by atoms with Crippen LogP contribution < -0.4 is 10.5 Å². The largest absolute Gasteiger partial charge is 0.496 e. The number of halogens is 1. The SMILES string of the molecule is COc1ccc(C(N)c2cc3ccccc3s2)cc1Br. The first-order valence-electron chi connectivity index (χ1n) is 6.26. The standard InChI is InChI=1S/C16H14BrNOS/c1-19-13-7-6-11(8-12(13)17)16(18)15-9-10-4-2-3-5-14(10)20-15/h2-9,16H,18H2,1H3. The Hall–Kier alpha value is -1.36. The van der Waals surface area contributed by atoms with Crippen LogP contribution in [0.2, 0.25) is 0 Å². The molecule has 0 bridgehead atoms. The molecule has 0 saturated heterocycles. The Morgan fingerprint density at radius 1 is 1.15 bits per heavy atom. The number of methoxy groups -OCH3 is 1. The molecule has 0 aliphatic rings. The highest BCUT2D eigenvalue weighted by Crippen LogP contribution is 2.34. The number of nitrogens with two attached hydrogens (primary N) is 1. The number of ether oxygens (including phenoxy) is 1. The highest BCUT2D eigenvalue weighted by Gasteiger charge is 2.13. The van der Waals surface area contributed by atoms with E-state index in [9.17, 15) is 0 Å². The molecule has 1 heterocycles. The number of thiophene rings is 1.